The number of pyridine rings is 1. The average molecular weight is 305 g/mol. The van der Waals surface area contributed by atoms with Crippen molar-refractivity contribution in [3.8, 4) is 5.69 Å². The Labute approximate surface area is 126 Å². The zero-order valence-corrected chi connectivity index (χ0v) is 12.3. The molecule has 0 saturated carbocycles. The first-order valence-electron chi connectivity index (χ1n) is 6.07. The summed E-state index contributed by atoms with van der Waals surface area (Å²) in [6, 6.07) is 2.92. The number of hydrogen-bond acceptors (Lipinski definition) is 5. The maximum atomic E-state index is 12.0. The Balaban J connectivity index is 2.42. The van der Waals surface area contributed by atoms with E-state index in [-0.39, 0.29) is 5.69 Å². The molecular weight excluding hydrogens is 292 g/mol. The fourth-order valence-corrected chi connectivity index (χ4v) is 1.71. The van der Waals surface area contributed by atoms with Gasteiger partial charge in [0.25, 0.3) is 0 Å². The highest BCUT2D eigenvalue weighted by molar-refractivity contribution is 6.30. The molecule has 0 bridgehead atoms. The van der Waals surface area contributed by atoms with Crippen LogP contribution in [0, 0.1) is 0 Å². The number of aromatic nitrogens is 3. The summed E-state index contributed by atoms with van der Waals surface area (Å²) in [5.41, 5.74) is -0.0293. The van der Waals surface area contributed by atoms with E-state index in [0.29, 0.717) is 10.7 Å². The molecule has 7 heteroatoms. The molecule has 0 N–H and O–H groups in total. The van der Waals surface area contributed by atoms with Gasteiger partial charge in [-0.2, -0.15) is 5.10 Å². The summed E-state index contributed by atoms with van der Waals surface area (Å²) in [5.74, 6) is -0.460. The monoisotopic (exact) mass is 304 g/mol. The van der Waals surface area contributed by atoms with E-state index in [1.807, 2.05) is 0 Å². The summed E-state index contributed by atoms with van der Waals surface area (Å²) in [4.78, 5) is 29.4. The number of hydrogen-bond donors (Lipinski definition) is 0. The Kier molecular flexibility index (Phi) is 4.49. The van der Waals surface area contributed by atoms with Crippen LogP contribution in [-0.2, 0) is 0 Å². The van der Waals surface area contributed by atoms with Gasteiger partial charge in [-0.25, -0.2) is 4.68 Å². The Morgan fingerprint density at radius 2 is 2.14 bits per heavy atom. The molecule has 108 valence electrons. The van der Waals surface area contributed by atoms with Crippen LogP contribution in [0.3, 0.4) is 0 Å². The molecule has 0 saturated heterocycles. The van der Waals surface area contributed by atoms with Crippen LogP contribution in [0.1, 0.15) is 10.5 Å². The van der Waals surface area contributed by atoms with E-state index >= 15 is 0 Å². The van der Waals surface area contributed by atoms with Crippen LogP contribution < -0.4 is 5.43 Å². The zero-order chi connectivity index (χ0) is 15.4. The molecule has 2 aromatic heterocycles. The maximum Gasteiger partial charge on any atom is 0.211 e. The van der Waals surface area contributed by atoms with E-state index in [9.17, 15) is 9.59 Å². The van der Waals surface area contributed by atoms with Crippen LogP contribution in [0.5, 0.6) is 0 Å². The molecule has 2 aromatic rings. The average Bonchev–Trinajstić information content (AvgIpc) is 2.45. The lowest BCUT2D eigenvalue weighted by molar-refractivity contribution is 0.103. The van der Waals surface area contributed by atoms with Crippen molar-refractivity contribution in [1.29, 1.82) is 0 Å². The normalized spacial score (nSPS) is 10.8. The molecule has 0 aliphatic rings. The first-order chi connectivity index (χ1) is 9.97. The number of carbonyl (C=O) groups is 1. The molecule has 0 fully saturated rings. The van der Waals surface area contributed by atoms with Gasteiger partial charge in [-0.15, -0.1) is 0 Å². The molecule has 2 heterocycles. The van der Waals surface area contributed by atoms with Crippen molar-refractivity contribution in [2.24, 2.45) is 0 Å². The third-order valence-electron chi connectivity index (χ3n) is 2.52. The van der Waals surface area contributed by atoms with Crippen molar-refractivity contribution >= 4 is 17.4 Å². The van der Waals surface area contributed by atoms with Gasteiger partial charge in [-0.3, -0.25) is 14.6 Å². The van der Waals surface area contributed by atoms with E-state index in [0.717, 1.165) is 0 Å². The lowest BCUT2D eigenvalue weighted by Crippen LogP contribution is -2.20. The van der Waals surface area contributed by atoms with Crippen LogP contribution in [0.15, 0.2) is 47.8 Å². The van der Waals surface area contributed by atoms with Crippen LogP contribution in [0.2, 0.25) is 5.02 Å². The Morgan fingerprint density at radius 3 is 2.81 bits per heavy atom. The second kappa shape index (κ2) is 6.32. The van der Waals surface area contributed by atoms with Crippen molar-refractivity contribution in [2.45, 2.75) is 0 Å². The Bertz CT molecular complexity index is 753. The third-order valence-corrected chi connectivity index (χ3v) is 2.73. The smallest absolute Gasteiger partial charge is 0.211 e. The van der Waals surface area contributed by atoms with Gasteiger partial charge in [0.15, 0.2) is 5.69 Å². The van der Waals surface area contributed by atoms with Crippen LogP contribution in [0.25, 0.3) is 5.69 Å². The summed E-state index contributed by atoms with van der Waals surface area (Å²) in [6.45, 7) is 0. The van der Waals surface area contributed by atoms with Crippen molar-refractivity contribution in [2.75, 3.05) is 14.1 Å². The van der Waals surface area contributed by atoms with E-state index < -0.39 is 11.2 Å². The molecule has 0 amide bonds. The summed E-state index contributed by atoms with van der Waals surface area (Å²) in [6.07, 6.45) is 7.33. The SMILES string of the molecule is CN(C)C=CC(=O)c1nn(-c2cncc(Cl)c2)ccc1=O. The molecule has 0 atom stereocenters. The largest absolute Gasteiger partial charge is 0.383 e. The van der Waals surface area contributed by atoms with Crippen molar-refractivity contribution < 1.29 is 4.79 Å². The highest BCUT2D eigenvalue weighted by atomic mass is 35.5. The molecule has 0 aliphatic heterocycles. The summed E-state index contributed by atoms with van der Waals surface area (Å²) in [5, 5.41) is 4.49. The van der Waals surface area contributed by atoms with Crippen LogP contribution in [-0.4, -0.2) is 39.5 Å². The number of allylic oxidation sites excluding steroid dienone is 1. The third kappa shape index (κ3) is 3.76. The highest BCUT2D eigenvalue weighted by Crippen LogP contribution is 2.11. The van der Waals surface area contributed by atoms with E-state index in [2.05, 4.69) is 10.1 Å². The van der Waals surface area contributed by atoms with Crippen molar-refractivity contribution in [3.63, 3.8) is 0 Å². The van der Waals surface area contributed by atoms with Crippen molar-refractivity contribution in [1.82, 2.24) is 19.7 Å². The number of rotatable bonds is 4. The molecule has 0 unspecified atom stereocenters. The molecule has 21 heavy (non-hydrogen) atoms. The lowest BCUT2D eigenvalue weighted by Gasteiger charge is -2.06. The van der Waals surface area contributed by atoms with E-state index in [1.165, 1.54) is 35.4 Å². The fourth-order valence-electron chi connectivity index (χ4n) is 1.54. The predicted octanol–water partition coefficient (Wildman–Crippen LogP) is 1.54. The number of ketones is 1. The number of halogens is 1. The van der Waals surface area contributed by atoms with Gasteiger partial charge in [0.1, 0.15) is 0 Å². The minimum absolute atomic E-state index is 0.157. The topological polar surface area (TPSA) is 68.1 Å². The lowest BCUT2D eigenvalue weighted by atomic mass is 10.2. The Morgan fingerprint density at radius 1 is 1.38 bits per heavy atom. The van der Waals surface area contributed by atoms with Crippen LogP contribution >= 0.6 is 11.6 Å². The highest BCUT2D eigenvalue weighted by Gasteiger charge is 2.11. The quantitative estimate of drug-likeness (QED) is 0.633. The first kappa shape index (κ1) is 14.9. The number of nitrogens with zero attached hydrogens (tertiary/aromatic N) is 4. The molecule has 6 nitrogen and oxygen atoms in total. The summed E-state index contributed by atoms with van der Waals surface area (Å²) >= 11 is 5.86. The molecule has 0 radical (unpaired) electrons. The van der Waals surface area contributed by atoms with E-state index in [4.69, 9.17) is 11.6 Å². The standard InChI is InChI=1S/C14H13ClN4O2/c1-18(2)5-3-12(20)14-13(21)4-6-19(17-14)11-7-10(15)8-16-9-11/h3-9H,1-2H3. The van der Waals surface area contributed by atoms with Gasteiger partial charge in [-0.05, 0) is 6.07 Å². The van der Waals surface area contributed by atoms with Gasteiger partial charge >= 0.3 is 0 Å². The van der Waals surface area contributed by atoms with Gasteiger partial charge in [0, 0.05) is 44.8 Å². The second-order valence-corrected chi connectivity index (χ2v) is 4.91. The van der Waals surface area contributed by atoms with E-state index in [1.54, 1.807) is 31.3 Å². The van der Waals surface area contributed by atoms with Gasteiger partial charge in [-0.1, -0.05) is 11.6 Å². The number of carbonyl (C=O) groups excluding carboxylic acids is 1. The van der Waals surface area contributed by atoms with Gasteiger partial charge < -0.3 is 4.90 Å². The van der Waals surface area contributed by atoms with Crippen LogP contribution in [0.4, 0.5) is 0 Å². The van der Waals surface area contributed by atoms with Gasteiger partial charge in [0.2, 0.25) is 11.2 Å². The maximum absolute atomic E-state index is 12.0. The fraction of sp³-hybridized carbons (Fsp3) is 0.143. The molecule has 0 spiro atoms. The second-order valence-electron chi connectivity index (χ2n) is 4.48. The minimum atomic E-state index is -0.460. The molecule has 0 aromatic carbocycles. The summed E-state index contributed by atoms with van der Waals surface area (Å²) in [7, 11) is 3.55. The van der Waals surface area contributed by atoms with Gasteiger partial charge in [0.05, 0.1) is 16.9 Å². The Hall–Kier alpha value is -2.47. The first-order valence-corrected chi connectivity index (χ1v) is 6.45. The molecular formula is C14H13ClN4O2. The zero-order valence-electron chi connectivity index (χ0n) is 11.5. The molecule has 0 aliphatic carbocycles. The summed E-state index contributed by atoms with van der Waals surface area (Å²) < 4.78 is 1.39. The minimum Gasteiger partial charge on any atom is -0.383 e. The molecule has 2 rings (SSSR count). The van der Waals surface area contributed by atoms with Crippen molar-refractivity contribution in [3.05, 3.63) is 63.9 Å². The predicted molar refractivity (Wildman–Crippen MR) is 79.8 cm³/mol.